The molecule has 1 aliphatic carbocycles. The highest BCUT2D eigenvalue weighted by Gasteiger charge is 2.51. The molecule has 0 spiro atoms. The minimum Gasteiger partial charge on any atom is -0.373 e. The zero-order chi connectivity index (χ0) is 23.3. The molecule has 2 aliphatic rings. The van der Waals surface area contributed by atoms with E-state index in [2.05, 4.69) is 4.98 Å². The molecule has 1 amide bonds. The van der Waals surface area contributed by atoms with Crippen molar-refractivity contribution in [3.63, 3.8) is 0 Å². The lowest BCUT2D eigenvalue weighted by atomic mass is 9.92. The zero-order valence-corrected chi connectivity index (χ0v) is 17.3. The number of hydrogen-bond donors (Lipinski definition) is 1. The number of hydrogen-bond acceptors (Lipinski definition) is 4. The normalized spacial score (nSPS) is 20.5. The van der Waals surface area contributed by atoms with Gasteiger partial charge in [0.05, 0.1) is 17.6 Å². The molecule has 1 fully saturated rings. The number of carbonyl (C=O) groups is 2. The van der Waals surface area contributed by atoms with E-state index < -0.39 is 34.9 Å². The summed E-state index contributed by atoms with van der Waals surface area (Å²) in [6, 6.07) is 5.22. The van der Waals surface area contributed by atoms with Crippen LogP contribution in [0.4, 0.5) is 23.2 Å². The molecule has 2 heterocycles. The number of ketones is 1. The highest BCUT2D eigenvalue weighted by atomic mass is 35.5. The van der Waals surface area contributed by atoms with Crippen molar-refractivity contribution in [1.82, 2.24) is 4.98 Å². The maximum Gasteiger partial charge on any atom is 0.413 e. The number of pyridine rings is 1. The van der Waals surface area contributed by atoms with Gasteiger partial charge in [0, 0.05) is 36.4 Å². The molecule has 0 bridgehead atoms. The highest BCUT2D eigenvalue weighted by molar-refractivity contribution is 6.30. The summed E-state index contributed by atoms with van der Waals surface area (Å²) in [6.07, 6.45) is -2.88. The van der Waals surface area contributed by atoms with Gasteiger partial charge in [-0.2, -0.15) is 13.2 Å². The molecule has 0 saturated carbocycles. The number of allylic oxidation sites excluding steroid dienone is 1. The molecule has 1 aliphatic heterocycles. The average Bonchev–Trinajstić information content (AvgIpc) is 3.27. The maximum absolute atomic E-state index is 13.5. The Morgan fingerprint density at radius 1 is 1.25 bits per heavy atom. The first kappa shape index (κ1) is 22.4. The Hall–Kier alpha value is -2.78. The number of benzene rings is 1. The molecule has 0 radical (unpaired) electrons. The molecule has 10 heteroatoms. The molecule has 1 unspecified atom stereocenters. The smallest absolute Gasteiger partial charge is 0.373 e. The Kier molecular flexibility index (Phi) is 5.58. The van der Waals surface area contributed by atoms with E-state index in [-0.39, 0.29) is 54.2 Å². The molecule has 1 aromatic carbocycles. The van der Waals surface area contributed by atoms with Crippen molar-refractivity contribution in [1.29, 1.82) is 0 Å². The summed E-state index contributed by atoms with van der Waals surface area (Å²) >= 11 is 5.80. The number of rotatable bonds is 5. The second-order valence-electron chi connectivity index (χ2n) is 7.84. The topological polar surface area (TPSA) is 70.5 Å². The lowest BCUT2D eigenvalue weighted by Gasteiger charge is -2.21. The Labute approximate surface area is 185 Å². The van der Waals surface area contributed by atoms with E-state index in [1.165, 1.54) is 24.4 Å². The fraction of sp³-hybridized carbons (Fsp3) is 0.318. The molecule has 2 aromatic rings. The molecule has 1 atom stereocenters. The molecular formula is C22H17ClF4N2O3. The van der Waals surface area contributed by atoms with E-state index >= 15 is 0 Å². The van der Waals surface area contributed by atoms with Crippen LogP contribution >= 0.6 is 11.6 Å². The molecule has 32 heavy (non-hydrogen) atoms. The van der Waals surface area contributed by atoms with Crippen LogP contribution in [0, 0.1) is 5.82 Å². The second-order valence-corrected chi connectivity index (χ2v) is 8.28. The standard InChI is InChI=1S/C22H17ClF4N2O3/c23-15-5-12(6-16(24)10-15)1-2-19(30)21(32)3-4-29(20(21)31)17-8-13-7-14(22(25,26)27)9-18(13)28-11-17/h5-8,10-11,32H,1-4,9H2. The van der Waals surface area contributed by atoms with Gasteiger partial charge >= 0.3 is 6.18 Å². The number of amides is 1. The summed E-state index contributed by atoms with van der Waals surface area (Å²) < 4.78 is 52.3. The van der Waals surface area contributed by atoms with Crippen molar-refractivity contribution < 1.29 is 32.3 Å². The Bertz CT molecular complexity index is 1130. The van der Waals surface area contributed by atoms with Gasteiger partial charge in [0.15, 0.2) is 5.78 Å². The van der Waals surface area contributed by atoms with Crippen molar-refractivity contribution in [2.24, 2.45) is 0 Å². The lowest BCUT2D eigenvalue weighted by Crippen LogP contribution is -2.47. The number of nitrogens with zero attached hydrogens (tertiary/aromatic N) is 2. The fourth-order valence-corrected chi connectivity index (χ4v) is 4.19. The van der Waals surface area contributed by atoms with Gasteiger partial charge in [0.2, 0.25) is 5.60 Å². The third-order valence-corrected chi connectivity index (χ3v) is 5.89. The van der Waals surface area contributed by atoms with Crippen LogP contribution in [-0.4, -0.2) is 40.1 Å². The number of alkyl halides is 3. The monoisotopic (exact) mass is 468 g/mol. The number of halogens is 5. The number of aryl methyl sites for hydroxylation is 1. The average molecular weight is 469 g/mol. The van der Waals surface area contributed by atoms with Crippen LogP contribution < -0.4 is 4.90 Å². The van der Waals surface area contributed by atoms with Gasteiger partial charge in [-0.1, -0.05) is 11.6 Å². The Morgan fingerprint density at radius 2 is 2.00 bits per heavy atom. The number of aromatic nitrogens is 1. The van der Waals surface area contributed by atoms with Crippen LogP contribution in [0.5, 0.6) is 0 Å². The van der Waals surface area contributed by atoms with Crippen LogP contribution in [0.15, 0.2) is 36.0 Å². The highest BCUT2D eigenvalue weighted by Crippen LogP contribution is 2.37. The van der Waals surface area contributed by atoms with Gasteiger partial charge < -0.3 is 10.0 Å². The van der Waals surface area contributed by atoms with Gasteiger partial charge in [0.25, 0.3) is 5.91 Å². The summed E-state index contributed by atoms with van der Waals surface area (Å²) in [6.45, 7) is 0.00315. The number of Topliss-reactive ketones (excluding diaryl/α,β-unsaturated/α-hetero) is 1. The first-order valence-corrected chi connectivity index (χ1v) is 10.1. The molecule has 1 N–H and O–H groups in total. The first-order valence-electron chi connectivity index (χ1n) is 9.77. The third-order valence-electron chi connectivity index (χ3n) is 5.67. The number of aliphatic hydroxyl groups is 1. The van der Waals surface area contributed by atoms with E-state index in [4.69, 9.17) is 11.6 Å². The van der Waals surface area contributed by atoms with Crippen molar-refractivity contribution in [2.45, 2.75) is 37.5 Å². The largest absolute Gasteiger partial charge is 0.413 e. The predicted octanol–water partition coefficient (Wildman–Crippen LogP) is 4.05. The minimum absolute atomic E-state index is 0.00315. The quantitative estimate of drug-likeness (QED) is 0.531. The third kappa shape index (κ3) is 4.14. The summed E-state index contributed by atoms with van der Waals surface area (Å²) in [4.78, 5) is 30.7. The second kappa shape index (κ2) is 7.97. The molecule has 5 nitrogen and oxygen atoms in total. The summed E-state index contributed by atoms with van der Waals surface area (Å²) in [5, 5.41) is 10.9. The van der Waals surface area contributed by atoms with Gasteiger partial charge in [-0.25, -0.2) is 4.39 Å². The fourth-order valence-electron chi connectivity index (χ4n) is 3.95. The van der Waals surface area contributed by atoms with Crippen LogP contribution in [-0.2, 0) is 22.4 Å². The minimum atomic E-state index is -4.47. The van der Waals surface area contributed by atoms with Gasteiger partial charge in [-0.05, 0) is 47.9 Å². The van der Waals surface area contributed by atoms with Gasteiger partial charge in [0.1, 0.15) is 5.82 Å². The van der Waals surface area contributed by atoms with Crippen molar-refractivity contribution in [2.75, 3.05) is 11.4 Å². The van der Waals surface area contributed by atoms with Crippen LogP contribution in [0.1, 0.15) is 29.7 Å². The van der Waals surface area contributed by atoms with Crippen LogP contribution in [0.25, 0.3) is 6.08 Å². The molecule has 1 aromatic heterocycles. The molecule has 1 saturated heterocycles. The Morgan fingerprint density at radius 3 is 2.69 bits per heavy atom. The van der Waals surface area contributed by atoms with E-state index in [0.717, 1.165) is 17.0 Å². The van der Waals surface area contributed by atoms with Crippen molar-refractivity contribution >= 4 is 35.1 Å². The maximum atomic E-state index is 13.5. The van der Waals surface area contributed by atoms with E-state index in [1.807, 2.05) is 0 Å². The summed E-state index contributed by atoms with van der Waals surface area (Å²) in [7, 11) is 0. The van der Waals surface area contributed by atoms with Gasteiger partial charge in [-0.3, -0.25) is 14.6 Å². The predicted molar refractivity (Wildman–Crippen MR) is 109 cm³/mol. The number of carbonyl (C=O) groups excluding carboxylic acids is 2. The number of anilines is 1. The van der Waals surface area contributed by atoms with Gasteiger partial charge in [-0.15, -0.1) is 0 Å². The zero-order valence-electron chi connectivity index (χ0n) is 16.5. The van der Waals surface area contributed by atoms with Crippen molar-refractivity contribution in [3.05, 3.63) is 63.7 Å². The van der Waals surface area contributed by atoms with Crippen LogP contribution in [0.3, 0.4) is 0 Å². The SMILES string of the molecule is O=C(CCc1cc(F)cc(Cl)c1)C1(O)CCN(c2cnc3c(c2)C=C(C(F)(F)F)C3)C1=O. The molecular weight excluding hydrogens is 452 g/mol. The Balaban J connectivity index is 1.49. The number of fused-ring (bicyclic) bond motifs is 1. The van der Waals surface area contributed by atoms with E-state index in [1.54, 1.807) is 0 Å². The summed E-state index contributed by atoms with van der Waals surface area (Å²) in [5.74, 6) is -2.15. The van der Waals surface area contributed by atoms with Crippen LogP contribution in [0.2, 0.25) is 5.02 Å². The lowest BCUT2D eigenvalue weighted by molar-refractivity contribution is -0.147. The first-order chi connectivity index (χ1) is 15.0. The molecule has 168 valence electrons. The summed E-state index contributed by atoms with van der Waals surface area (Å²) in [5.41, 5.74) is -1.85. The molecule has 4 rings (SSSR count). The van der Waals surface area contributed by atoms with E-state index in [9.17, 15) is 32.3 Å². The van der Waals surface area contributed by atoms with E-state index in [0.29, 0.717) is 5.56 Å². The van der Waals surface area contributed by atoms with Crippen molar-refractivity contribution in [3.8, 4) is 0 Å².